The fourth-order valence-electron chi connectivity index (χ4n) is 5.08. The van der Waals surface area contributed by atoms with Gasteiger partial charge >= 0.3 is 11.8 Å². The largest absolute Gasteiger partial charge is 0.550 e. The van der Waals surface area contributed by atoms with E-state index >= 15 is 0 Å². The average molecular weight is 817 g/mol. The van der Waals surface area contributed by atoms with Gasteiger partial charge in [0.2, 0.25) is 48.5 Å². The van der Waals surface area contributed by atoms with Gasteiger partial charge in [-0.1, -0.05) is 0 Å². The Morgan fingerprint density at radius 2 is 1.37 bits per heavy atom. The van der Waals surface area contributed by atoms with Crippen molar-refractivity contribution in [1.82, 2.24) is 37.2 Å². The summed E-state index contributed by atoms with van der Waals surface area (Å²) in [5, 5.41) is 46.8. The molecule has 0 unspecified atom stereocenters. The van der Waals surface area contributed by atoms with Gasteiger partial charge in [-0.2, -0.15) is 0 Å². The Balaban J connectivity index is 3.48. The van der Waals surface area contributed by atoms with Gasteiger partial charge in [-0.05, 0) is 32.6 Å². The summed E-state index contributed by atoms with van der Waals surface area (Å²) in [6.45, 7) is 0.692. The van der Waals surface area contributed by atoms with Gasteiger partial charge in [0.15, 0.2) is 6.04 Å². The minimum atomic E-state index is -1.94. The van der Waals surface area contributed by atoms with Crippen molar-refractivity contribution in [2.75, 3.05) is 32.8 Å². The maximum absolute atomic E-state index is 13.7. The molecule has 57 heavy (non-hydrogen) atoms. The lowest BCUT2D eigenvalue weighted by atomic mass is 10.1. The normalized spacial score (nSPS) is 20.9. The molecule has 1 aliphatic heterocycles. The molecule has 0 spiro atoms. The Labute approximate surface area is 325 Å². The van der Waals surface area contributed by atoms with Crippen molar-refractivity contribution in [1.29, 1.82) is 0 Å². The number of carboxylic acid groups (broad SMARTS) is 1. The molecule has 1 rings (SSSR count). The van der Waals surface area contributed by atoms with Gasteiger partial charge < -0.3 is 63.1 Å². The van der Waals surface area contributed by atoms with Crippen LogP contribution in [0.25, 0.3) is 0 Å². The van der Waals surface area contributed by atoms with E-state index < -0.39 is 134 Å². The maximum atomic E-state index is 13.7. The highest BCUT2D eigenvalue weighted by Crippen LogP contribution is 2.07. The van der Waals surface area contributed by atoms with Crippen LogP contribution >= 0.6 is 0 Å². The van der Waals surface area contributed by atoms with Crippen LogP contribution in [0.15, 0.2) is 0 Å². The number of carbonyl (C=O) groups is 10. The van der Waals surface area contributed by atoms with Crippen molar-refractivity contribution in [3.05, 3.63) is 9.81 Å². The highest BCUT2D eigenvalue weighted by Gasteiger charge is 2.34. The van der Waals surface area contributed by atoms with E-state index in [1.807, 2.05) is 0 Å². The summed E-state index contributed by atoms with van der Waals surface area (Å²) in [6.07, 6.45) is -2.47. The predicted octanol–water partition coefficient (Wildman–Crippen LogP) is -8.23. The van der Waals surface area contributed by atoms with Gasteiger partial charge in [-0.25, -0.2) is 9.59 Å². The van der Waals surface area contributed by atoms with Crippen LogP contribution in [0.3, 0.4) is 0 Å². The van der Waals surface area contributed by atoms with E-state index in [2.05, 4.69) is 43.0 Å². The summed E-state index contributed by atoms with van der Waals surface area (Å²) in [5.41, 5.74) is 3.43. The van der Waals surface area contributed by atoms with Gasteiger partial charge in [-0.15, -0.1) is 0 Å². The van der Waals surface area contributed by atoms with Gasteiger partial charge in [0, 0.05) is 41.6 Å². The number of nitroso groups, excluding NO2 is 2. The first kappa shape index (κ1) is 49.2. The maximum Gasteiger partial charge on any atom is 0.430 e. The minimum absolute atomic E-state index is 0.0836. The zero-order chi connectivity index (χ0) is 43.4. The predicted molar refractivity (Wildman–Crippen MR) is 187 cm³/mol. The molecule has 0 bridgehead atoms. The molecule has 1 fully saturated rings. The molecule has 0 aromatic carbocycles. The summed E-state index contributed by atoms with van der Waals surface area (Å²) in [5.74, 6) is -10.6. The van der Waals surface area contributed by atoms with E-state index in [9.17, 15) is 73.1 Å². The highest BCUT2D eigenvalue weighted by atomic mass is 16.4. The van der Waals surface area contributed by atoms with Crippen molar-refractivity contribution in [3.8, 4) is 0 Å². The Hall–Kier alpha value is -5.82. The topological polar surface area (TPSA) is 386 Å². The fraction of sp³-hybridized carbons (Fsp3) is 0.688. The number of aliphatic hydroxyl groups excluding tert-OH is 2. The fourth-order valence-corrected chi connectivity index (χ4v) is 5.08. The number of amides is 9. The van der Waals surface area contributed by atoms with Crippen LogP contribution in [0, 0.1) is 9.81 Å². The molecule has 12 N–H and O–H groups in total. The molecule has 7 atom stereocenters. The molecule has 1 heterocycles. The number of quaternary nitrogens is 1. The SMILES string of the molecule is CC(=O)[N+](=O)CCC[C@H](NC(=O)[C@H](C)NC(=O)[C@H]([NH3+])CO)C(=O)N[C@H]1CCCNC(=O)[C@H](CO)NC(=O)[C@H](CCC[N+](=O)C(C)=O)NC(=O)[C@@H](CC(=O)[O-])NC1=O. The molecule has 9 amide bonds. The lowest BCUT2D eigenvalue weighted by Gasteiger charge is -2.27. The molecule has 318 valence electrons. The standard InChI is InChI=1S/C32H50N10O15/c1-16(35-27(50)19(33)14-43)26(49)36-21(8-5-11-41(56)17(2)45)29(52)37-20-7-4-10-34-28(51)24(15-44)40-31(54)22(9-6-12-42(57)18(3)46)38-32(55)23(13-25(47)48)39-30(20)53/h16,19-24,43-44H,4-15,33H2,1-3H3,(H6-2,34,35,36,37,38,39,40,47,48,49,50,51,52,53,54,55)/p+2/t16-,19+,20-,21-,22-,23+,24-/m0/s1. The molecule has 1 saturated heterocycles. The van der Waals surface area contributed by atoms with Crippen LogP contribution in [0.2, 0.25) is 0 Å². The number of carboxylic acids is 1. The van der Waals surface area contributed by atoms with Crippen LogP contribution in [0.4, 0.5) is 0 Å². The molecule has 1 aliphatic rings. The molecule has 0 aromatic heterocycles. The second-order valence-corrected chi connectivity index (χ2v) is 13.1. The zero-order valence-corrected chi connectivity index (χ0v) is 31.8. The first-order chi connectivity index (χ1) is 26.7. The highest BCUT2D eigenvalue weighted by molar-refractivity contribution is 5.98. The number of nitrogens with one attached hydrogen (secondary N) is 7. The van der Waals surface area contributed by atoms with Crippen molar-refractivity contribution >= 4 is 59.1 Å². The van der Waals surface area contributed by atoms with Crippen LogP contribution in [0.1, 0.15) is 65.7 Å². The van der Waals surface area contributed by atoms with Crippen LogP contribution in [-0.2, 0) is 47.9 Å². The minimum Gasteiger partial charge on any atom is -0.550 e. The number of rotatable bonds is 18. The number of aliphatic carboxylic acids is 1. The first-order valence-electron chi connectivity index (χ1n) is 18.0. The number of nitrogens with zero attached hydrogens (tertiary/aromatic N) is 2. The van der Waals surface area contributed by atoms with Gasteiger partial charge in [0.05, 0.1) is 30.0 Å². The summed E-state index contributed by atoms with van der Waals surface area (Å²) in [6, 6.07) is -10.6. The molecule has 25 nitrogen and oxygen atoms in total. The van der Waals surface area contributed by atoms with E-state index in [0.717, 1.165) is 13.8 Å². The Morgan fingerprint density at radius 1 is 0.807 bits per heavy atom. The van der Waals surface area contributed by atoms with Crippen molar-refractivity contribution in [2.45, 2.75) is 108 Å². The monoisotopic (exact) mass is 816 g/mol. The number of carbonyl (C=O) groups excluding carboxylic acids is 10. The van der Waals surface area contributed by atoms with Gasteiger partial charge in [0.1, 0.15) is 42.9 Å². The second kappa shape index (κ2) is 24.6. The van der Waals surface area contributed by atoms with Crippen molar-refractivity contribution < 1.29 is 78.5 Å². The van der Waals surface area contributed by atoms with E-state index in [1.54, 1.807) is 0 Å². The van der Waals surface area contributed by atoms with Crippen LogP contribution in [0.5, 0.6) is 0 Å². The van der Waals surface area contributed by atoms with E-state index in [-0.39, 0.29) is 54.6 Å². The van der Waals surface area contributed by atoms with Crippen molar-refractivity contribution in [2.24, 2.45) is 0 Å². The molecule has 0 saturated carbocycles. The number of hydrogen-bond acceptors (Lipinski definition) is 15. The smallest absolute Gasteiger partial charge is 0.430 e. The third-order valence-corrected chi connectivity index (χ3v) is 8.44. The Bertz CT molecular complexity index is 1560. The summed E-state index contributed by atoms with van der Waals surface area (Å²) < 4.78 is 0.187. The van der Waals surface area contributed by atoms with Gasteiger partial charge in [-0.3, -0.25) is 33.6 Å². The molecule has 25 heteroatoms. The van der Waals surface area contributed by atoms with Gasteiger partial charge in [0.25, 0.3) is 5.91 Å². The van der Waals surface area contributed by atoms with E-state index in [4.69, 9.17) is 0 Å². The van der Waals surface area contributed by atoms with Crippen LogP contribution in [-0.4, -0.2) is 154 Å². The molecule has 0 aliphatic carbocycles. The Kier molecular flexibility index (Phi) is 21.3. The Morgan fingerprint density at radius 3 is 1.93 bits per heavy atom. The lowest BCUT2D eigenvalue weighted by molar-refractivity contribution is -0.468. The van der Waals surface area contributed by atoms with Crippen molar-refractivity contribution in [3.63, 3.8) is 0 Å². The average Bonchev–Trinajstić information content (AvgIpc) is 3.15. The molecule has 0 aromatic rings. The zero-order valence-electron chi connectivity index (χ0n) is 31.8. The lowest BCUT2D eigenvalue weighted by Crippen LogP contribution is -2.70. The van der Waals surface area contributed by atoms with Crippen LogP contribution < -0.4 is 48.1 Å². The third-order valence-electron chi connectivity index (χ3n) is 8.44. The quantitative estimate of drug-likeness (QED) is 0.0575. The molecular weight excluding hydrogens is 764 g/mol. The third kappa shape index (κ3) is 17.7. The molecule has 0 radical (unpaired) electrons. The van der Waals surface area contributed by atoms with E-state index in [0.29, 0.717) is 0 Å². The number of hydrogen-bond donors (Lipinski definition) is 10. The summed E-state index contributed by atoms with van der Waals surface area (Å²) in [7, 11) is 0. The van der Waals surface area contributed by atoms with E-state index in [1.165, 1.54) is 6.92 Å². The first-order valence-corrected chi connectivity index (χ1v) is 18.0. The molecular formula is C32H52N10O15+2. The second-order valence-electron chi connectivity index (χ2n) is 13.1. The number of aliphatic hydroxyl groups is 2. The summed E-state index contributed by atoms with van der Waals surface area (Å²) >= 11 is 0. The summed E-state index contributed by atoms with van der Waals surface area (Å²) in [4.78, 5) is 150.